The van der Waals surface area contributed by atoms with E-state index < -0.39 is 6.10 Å². The number of anilines is 2. The summed E-state index contributed by atoms with van der Waals surface area (Å²) in [6.07, 6.45) is 8.40. The van der Waals surface area contributed by atoms with Crippen LogP contribution < -0.4 is 10.6 Å². The lowest BCUT2D eigenvalue weighted by atomic mass is 9.92. The molecule has 2 heterocycles. The van der Waals surface area contributed by atoms with Crippen LogP contribution in [0.5, 0.6) is 0 Å². The lowest BCUT2D eigenvalue weighted by molar-refractivity contribution is -0.127. The number of allylic oxidation sites excluding steroid dienone is 2. The molecule has 3 unspecified atom stereocenters. The summed E-state index contributed by atoms with van der Waals surface area (Å²) >= 11 is 6.54. The number of aliphatic hydroxyl groups is 1. The molecule has 2 aliphatic carbocycles. The molecule has 3 aromatic rings. The van der Waals surface area contributed by atoms with Crippen molar-refractivity contribution in [2.45, 2.75) is 50.4 Å². The Morgan fingerprint density at radius 1 is 1.30 bits per heavy atom. The fraction of sp³-hybridized carbons (Fsp3) is 0.440. The van der Waals surface area contributed by atoms with E-state index >= 15 is 0 Å². The van der Waals surface area contributed by atoms with Crippen molar-refractivity contribution in [3.8, 4) is 0 Å². The topological polar surface area (TPSA) is 139 Å². The van der Waals surface area contributed by atoms with Crippen molar-refractivity contribution in [3.05, 3.63) is 47.1 Å². The normalized spacial score (nSPS) is 21.9. The summed E-state index contributed by atoms with van der Waals surface area (Å²) in [7, 11) is 3.39. The minimum absolute atomic E-state index is 0.143. The van der Waals surface area contributed by atoms with Gasteiger partial charge >= 0.3 is 0 Å². The summed E-state index contributed by atoms with van der Waals surface area (Å²) in [4.78, 5) is 17.0. The molecule has 1 saturated carbocycles. The summed E-state index contributed by atoms with van der Waals surface area (Å²) < 4.78 is 13.0. The van der Waals surface area contributed by atoms with Crippen LogP contribution in [0, 0.1) is 0 Å². The lowest BCUT2D eigenvalue weighted by Gasteiger charge is -2.28. The van der Waals surface area contributed by atoms with Gasteiger partial charge < -0.3 is 25.2 Å². The molecule has 12 heteroatoms. The summed E-state index contributed by atoms with van der Waals surface area (Å²) in [5.74, 6) is 1.38. The Morgan fingerprint density at radius 2 is 2.14 bits per heavy atom. The Hall–Kier alpha value is -3.41. The zero-order valence-corrected chi connectivity index (χ0v) is 21.5. The number of aliphatic hydroxyl groups excluding tert-OH is 1. The Bertz CT molecular complexity index is 1350. The highest BCUT2D eigenvalue weighted by Gasteiger charge is 2.27. The molecule has 0 saturated heterocycles. The highest BCUT2D eigenvalue weighted by molar-refractivity contribution is 6.38. The fourth-order valence-electron chi connectivity index (χ4n) is 4.67. The number of amides is 1. The number of H-pyrrole nitrogens is 1. The van der Waals surface area contributed by atoms with Gasteiger partial charge in [0.2, 0.25) is 5.95 Å². The lowest BCUT2D eigenvalue weighted by Crippen LogP contribution is -2.46. The second-order valence-electron chi connectivity index (χ2n) is 9.27. The molecule has 196 valence electrons. The van der Waals surface area contributed by atoms with E-state index in [2.05, 4.69) is 30.9 Å². The first-order valence-electron chi connectivity index (χ1n) is 12.3. The van der Waals surface area contributed by atoms with Crippen LogP contribution in [0.1, 0.15) is 37.9 Å². The number of aromatic nitrogens is 5. The second kappa shape index (κ2) is 10.9. The standard InChI is InChI=1S/C25H30ClN7O4/c1-33-25(29-18-9-8-16-15(23(18)26)12-27-31-16)30-24(32-33)14-7-10-20(21(11-14)36-2)37-13-22(35)28-17-5-3-4-6-19(17)34/h7-10,12,17,19,21,34H,3-6,11,13H2,1-2H3,(H,27,31)(H,28,35)(H,29,30,32). The Balaban J connectivity index is 1.25. The quantitative estimate of drug-likeness (QED) is 0.350. The number of carbonyl (C=O) groups is 1. The molecule has 4 N–H and O–H groups in total. The van der Waals surface area contributed by atoms with Crippen molar-refractivity contribution >= 4 is 45.6 Å². The summed E-state index contributed by atoms with van der Waals surface area (Å²) in [5, 5.41) is 29.0. The molecular formula is C25H30ClN7O4. The number of halogens is 1. The number of ether oxygens (including phenoxy) is 2. The van der Waals surface area contributed by atoms with Crippen LogP contribution in [0.15, 0.2) is 36.2 Å². The molecule has 11 nitrogen and oxygen atoms in total. The molecule has 0 radical (unpaired) electrons. The Morgan fingerprint density at radius 3 is 2.95 bits per heavy atom. The van der Waals surface area contributed by atoms with E-state index in [9.17, 15) is 9.90 Å². The number of aromatic amines is 1. The number of hydrogen-bond acceptors (Lipinski definition) is 8. The maximum absolute atomic E-state index is 12.4. The van der Waals surface area contributed by atoms with Gasteiger partial charge in [0.05, 0.1) is 34.6 Å². The van der Waals surface area contributed by atoms with E-state index in [1.54, 1.807) is 31.1 Å². The van der Waals surface area contributed by atoms with Crippen molar-refractivity contribution in [1.29, 1.82) is 0 Å². The molecule has 5 rings (SSSR count). The molecule has 0 bridgehead atoms. The van der Waals surface area contributed by atoms with E-state index in [4.69, 9.17) is 21.1 Å². The minimum Gasteiger partial charge on any atom is -0.485 e. The zero-order chi connectivity index (χ0) is 25.9. The molecule has 37 heavy (non-hydrogen) atoms. The molecule has 1 fully saturated rings. The van der Waals surface area contributed by atoms with Gasteiger partial charge in [0.25, 0.3) is 5.91 Å². The van der Waals surface area contributed by atoms with Gasteiger partial charge in [-0.2, -0.15) is 10.1 Å². The monoisotopic (exact) mass is 527 g/mol. The predicted molar refractivity (Wildman–Crippen MR) is 139 cm³/mol. The van der Waals surface area contributed by atoms with Crippen molar-refractivity contribution in [1.82, 2.24) is 30.3 Å². The first-order valence-corrected chi connectivity index (χ1v) is 12.6. The number of methoxy groups -OCH3 is 1. The maximum atomic E-state index is 12.4. The second-order valence-corrected chi connectivity index (χ2v) is 9.65. The van der Waals surface area contributed by atoms with E-state index in [1.165, 1.54) is 0 Å². The summed E-state index contributed by atoms with van der Waals surface area (Å²) in [5.41, 5.74) is 2.41. The number of aryl methyl sites for hydroxylation is 1. The average Bonchev–Trinajstić information content (AvgIpc) is 3.53. The third-order valence-electron chi connectivity index (χ3n) is 6.76. The highest BCUT2D eigenvalue weighted by Crippen LogP contribution is 2.33. The molecule has 1 aromatic carbocycles. The van der Waals surface area contributed by atoms with Gasteiger partial charge in [0.15, 0.2) is 12.4 Å². The number of hydrogen-bond donors (Lipinski definition) is 4. The number of carbonyl (C=O) groups excluding carboxylic acids is 1. The number of rotatable bonds is 8. The predicted octanol–water partition coefficient (Wildman–Crippen LogP) is 3.21. The van der Waals surface area contributed by atoms with Gasteiger partial charge in [-0.15, -0.1) is 5.10 Å². The molecule has 1 amide bonds. The molecule has 2 aliphatic rings. The van der Waals surface area contributed by atoms with Crippen LogP contribution in [0.2, 0.25) is 5.02 Å². The number of nitrogens with one attached hydrogen (secondary N) is 3. The van der Waals surface area contributed by atoms with Crippen molar-refractivity contribution in [2.24, 2.45) is 7.05 Å². The third kappa shape index (κ3) is 5.48. The van der Waals surface area contributed by atoms with Gasteiger partial charge in [0.1, 0.15) is 11.9 Å². The van der Waals surface area contributed by atoms with Crippen molar-refractivity contribution in [3.63, 3.8) is 0 Å². The first kappa shape index (κ1) is 25.2. The van der Waals surface area contributed by atoms with Crippen LogP contribution in [-0.4, -0.2) is 67.9 Å². The van der Waals surface area contributed by atoms with Crippen molar-refractivity contribution < 1.29 is 19.4 Å². The van der Waals surface area contributed by atoms with Crippen LogP contribution in [-0.2, 0) is 21.3 Å². The number of nitrogens with zero attached hydrogens (tertiary/aromatic N) is 4. The molecule has 2 aromatic heterocycles. The average molecular weight is 528 g/mol. The molecule has 0 aliphatic heterocycles. The highest BCUT2D eigenvalue weighted by atomic mass is 35.5. The Labute approximate surface area is 218 Å². The number of fused-ring (bicyclic) bond motifs is 1. The smallest absolute Gasteiger partial charge is 0.258 e. The fourth-order valence-corrected chi connectivity index (χ4v) is 4.93. The largest absolute Gasteiger partial charge is 0.485 e. The van der Waals surface area contributed by atoms with Crippen LogP contribution in [0.25, 0.3) is 16.5 Å². The van der Waals surface area contributed by atoms with E-state index in [-0.39, 0.29) is 24.7 Å². The molecule has 0 spiro atoms. The SMILES string of the molecule is COC1CC(c2nc(Nc3ccc4[nH]ncc4c3Cl)n(C)n2)=CC=C1OCC(=O)NC1CCCCC1O. The van der Waals surface area contributed by atoms with Crippen LogP contribution >= 0.6 is 11.6 Å². The zero-order valence-electron chi connectivity index (χ0n) is 20.7. The van der Waals surface area contributed by atoms with Crippen LogP contribution in [0.4, 0.5) is 11.6 Å². The first-order chi connectivity index (χ1) is 17.9. The summed E-state index contributed by atoms with van der Waals surface area (Å²) in [6.45, 7) is -0.143. The van der Waals surface area contributed by atoms with Gasteiger partial charge in [-0.3, -0.25) is 9.89 Å². The van der Waals surface area contributed by atoms with E-state index in [0.29, 0.717) is 41.1 Å². The van der Waals surface area contributed by atoms with Gasteiger partial charge in [-0.1, -0.05) is 30.5 Å². The summed E-state index contributed by atoms with van der Waals surface area (Å²) in [6, 6.07) is 3.53. The van der Waals surface area contributed by atoms with Gasteiger partial charge in [0, 0.05) is 31.5 Å². The van der Waals surface area contributed by atoms with E-state index in [0.717, 1.165) is 35.7 Å². The maximum Gasteiger partial charge on any atom is 0.258 e. The van der Waals surface area contributed by atoms with E-state index in [1.807, 2.05) is 18.2 Å². The molecule has 3 atom stereocenters. The number of benzene rings is 1. The minimum atomic E-state index is -0.501. The third-order valence-corrected chi connectivity index (χ3v) is 7.16. The van der Waals surface area contributed by atoms with Gasteiger partial charge in [-0.05, 0) is 31.1 Å². The Kier molecular flexibility index (Phi) is 7.45. The van der Waals surface area contributed by atoms with Crippen LogP contribution in [0.3, 0.4) is 0 Å². The molecular weight excluding hydrogens is 498 g/mol. The van der Waals surface area contributed by atoms with Crippen molar-refractivity contribution in [2.75, 3.05) is 19.0 Å². The van der Waals surface area contributed by atoms with Gasteiger partial charge in [-0.25, -0.2) is 4.68 Å².